The minimum Gasteiger partial charge on any atom is -0.479 e. The van der Waals surface area contributed by atoms with Gasteiger partial charge in [-0.15, -0.1) is 5.10 Å². The molecule has 0 spiro atoms. The van der Waals surface area contributed by atoms with Gasteiger partial charge in [-0.2, -0.15) is 0 Å². The average molecular weight is 300 g/mol. The summed E-state index contributed by atoms with van der Waals surface area (Å²) in [6, 6.07) is 3.89. The zero-order valence-electron chi connectivity index (χ0n) is 11.4. The molecular formula is C15H10F2N4O. The number of hydrogen-bond acceptors (Lipinski definition) is 4. The van der Waals surface area contributed by atoms with Crippen LogP contribution in [0.2, 0.25) is 0 Å². The summed E-state index contributed by atoms with van der Waals surface area (Å²) >= 11 is 0. The number of hydrogen-bond donors (Lipinski definition) is 2. The first-order valence-corrected chi connectivity index (χ1v) is 6.23. The molecule has 7 heteroatoms. The van der Waals surface area contributed by atoms with Gasteiger partial charge in [0.25, 0.3) is 0 Å². The second kappa shape index (κ2) is 5.33. The Hall–Kier alpha value is -3.14. The van der Waals surface area contributed by atoms with Crippen LogP contribution in [0.5, 0.6) is 5.88 Å². The highest BCUT2D eigenvalue weighted by molar-refractivity contribution is 5.81. The van der Waals surface area contributed by atoms with Crippen LogP contribution < -0.4 is 10.5 Å². The van der Waals surface area contributed by atoms with Crippen molar-refractivity contribution in [3.05, 3.63) is 47.2 Å². The number of aromatic amines is 1. The Morgan fingerprint density at radius 1 is 1.27 bits per heavy atom. The zero-order valence-corrected chi connectivity index (χ0v) is 11.4. The maximum absolute atomic E-state index is 13.8. The molecule has 0 aliphatic rings. The number of nitrogens with zero attached hydrogens (tertiary/aromatic N) is 2. The SMILES string of the molecule is COc1n[nH]c2ncc(C#Cc3c(F)ccc(N)c3F)cc12. The number of nitrogen functional groups attached to an aromatic ring is 1. The van der Waals surface area contributed by atoms with Crippen molar-refractivity contribution < 1.29 is 13.5 Å². The van der Waals surface area contributed by atoms with E-state index in [1.54, 1.807) is 6.07 Å². The normalized spacial score (nSPS) is 10.3. The Bertz CT molecular complexity index is 924. The number of halogens is 2. The molecule has 3 rings (SSSR count). The zero-order chi connectivity index (χ0) is 15.7. The number of ether oxygens (including phenoxy) is 1. The summed E-state index contributed by atoms with van der Waals surface area (Å²) in [6.07, 6.45) is 1.47. The highest BCUT2D eigenvalue weighted by Crippen LogP contribution is 2.21. The van der Waals surface area contributed by atoms with Crippen molar-refractivity contribution in [2.45, 2.75) is 0 Å². The molecule has 3 N–H and O–H groups in total. The van der Waals surface area contributed by atoms with Gasteiger partial charge in [-0.3, -0.25) is 5.10 Å². The van der Waals surface area contributed by atoms with Gasteiger partial charge in [0.05, 0.1) is 23.7 Å². The Balaban J connectivity index is 2.06. The van der Waals surface area contributed by atoms with E-state index in [0.717, 1.165) is 12.1 Å². The third-order valence-electron chi connectivity index (χ3n) is 3.03. The lowest BCUT2D eigenvalue weighted by Gasteiger charge is -2.00. The first-order chi connectivity index (χ1) is 10.6. The second-order valence-corrected chi connectivity index (χ2v) is 4.43. The third-order valence-corrected chi connectivity index (χ3v) is 3.03. The van der Waals surface area contributed by atoms with Crippen molar-refractivity contribution in [3.63, 3.8) is 0 Å². The Kier molecular flexibility index (Phi) is 3.35. The van der Waals surface area contributed by atoms with Gasteiger partial charge in [-0.05, 0) is 18.2 Å². The molecule has 3 aromatic rings. The smallest absolute Gasteiger partial charge is 0.242 e. The van der Waals surface area contributed by atoms with E-state index in [1.807, 2.05) is 0 Å². The number of pyridine rings is 1. The molecule has 0 aliphatic heterocycles. The molecule has 0 saturated heterocycles. The minimum absolute atomic E-state index is 0.157. The van der Waals surface area contributed by atoms with Crippen LogP contribution in [0.15, 0.2) is 24.4 Å². The predicted octanol–water partition coefficient (Wildman–Crippen LogP) is 2.23. The van der Waals surface area contributed by atoms with Gasteiger partial charge in [0.1, 0.15) is 5.82 Å². The first kappa shape index (κ1) is 13.8. The number of aromatic nitrogens is 3. The number of nitrogens with one attached hydrogen (secondary N) is 1. The maximum Gasteiger partial charge on any atom is 0.242 e. The molecule has 0 unspecified atom stereocenters. The summed E-state index contributed by atoms with van der Waals surface area (Å²) < 4.78 is 32.4. The molecule has 0 bridgehead atoms. The second-order valence-electron chi connectivity index (χ2n) is 4.43. The fourth-order valence-corrected chi connectivity index (χ4v) is 1.92. The number of rotatable bonds is 1. The molecule has 1 aromatic carbocycles. The summed E-state index contributed by atoms with van der Waals surface area (Å²) in [5, 5.41) is 7.24. The molecule has 0 atom stereocenters. The van der Waals surface area contributed by atoms with Crippen molar-refractivity contribution in [2.75, 3.05) is 12.8 Å². The van der Waals surface area contributed by atoms with E-state index < -0.39 is 11.6 Å². The molecule has 110 valence electrons. The van der Waals surface area contributed by atoms with E-state index >= 15 is 0 Å². The van der Waals surface area contributed by atoms with Crippen molar-refractivity contribution in [1.29, 1.82) is 0 Å². The van der Waals surface area contributed by atoms with Crippen LogP contribution >= 0.6 is 0 Å². The molecule has 0 radical (unpaired) electrons. The van der Waals surface area contributed by atoms with Gasteiger partial charge >= 0.3 is 0 Å². The molecule has 0 fully saturated rings. The first-order valence-electron chi connectivity index (χ1n) is 6.23. The van der Waals surface area contributed by atoms with Crippen molar-refractivity contribution in [3.8, 4) is 17.7 Å². The lowest BCUT2D eigenvalue weighted by atomic mass is 10.1. The number of fused-ring (bicyclic) bond motifs is 1. The molecule has 0 amide bonds. The van der Waals surface area contributed by atoms with Crippen molar-refractivity contribution in [1.82, 2.24) is 15.2 Å². The topological polar surface area (TPSA) is 76.8 Å². The van der Waals surface area contributed by atoms with Crippen LogP contribution in [0.1, 0.15) is 11.1 Å². The molecule has 0 aliphatic carbocycles. The van der Waals surface area contributed by atoms with Gasteiger partial charge < -0.3 is 10.5 Å². The maximum atomic E-state index is 13.8. The Labute approximate surface area is 124 Å². The van der Waals surface area contributed by atoms with Gasteiger partial charge in [0, 0.05) is 11.8 Å². The van der Waals surface area contributed by atoms with Crippen LogP contribution in [-0.4, -0.2) is 22.3 Å². The van der Waals surface area contributed by atoms with E-state index in [9.17, 15) is 8.78 Å². The largest absolute Gasteiger partial charge is 0.479 e. The number of benzene rings is 1. The lowest BCUT2D eigenvalue weighted by molar-refractivity contribution is 0.401. The van der Waals surface area contributed by atoms with E-state index in [1.165, 1.54) is 13.3 Å². The summed E-state index contributed by atoms with van der Waals surface area (Å²) in [5.41, 5.74) is 5.87. The summed E-state index contributed by atoms with van der Waals surface area (Å²) in [6.45, 7) is 0. The summed E-state index contributed by atoms with van der Waals surface area (Å²) in [4.78, 5) is 4.11. The number of H-pyrrole nitrogens is 1. The van der Waals surface area contributed by atoms with Gasteiger partial charge in [-0.1, -0.05) is 11.8 Å². The van der Waals surface area contributed by atoms with E-state index in [0.29, 0.717) is 22.5 Å². The van der Waals surface area contributed by atoms with Crippen molar-refractivity contribution >= 4 is 16.7 Å². The molecule has 0 saturated carbocycles. The Morgan fingerprint density at radius 2 is 2.09 bits per heavy atom. The van der Waals surface area contributed by atoms with Crippen molar-refractivity contribution in [2.24, 2.45) is 0 Å². The van der Waals surface area contributed by atoms with Crippen LogP contribution in [0, 0.1) is 23.5 Å². The van der Waals surface area contributed by atoms with E-state index in [2.05, 4.69) is 27.0 Å². The van der Waals surface area contributed by atoms with Crippen LogP contribution in [0.4, 0.5) is 14.5 Å². The van der Waals surface area contributed by atoms with Gasteiger partial charge in [0.15, 0.2) is 11.5 Å². The lowest BCUT2D eigenvalue weighted by Crippen LogP contribution is -1.97. The minimum atomic E-state index is -0.873. The van der Waals surface area contributed by atoms with Crippen LogP contribution in [0.3, 0.4) is 0 Å². The average Bonchev–Trinajstić information content (AvgIpc) is 2.93. The fraction of sp³-hybridized carbons (Fsp3) is 0.0667. The molecule has 22 heavy (non-hydrogen) atoms. The molecule has 2 heterocycles. The number of nitrogens with two attached hydrogens (primary N) is 1. The Morgan fingerprint density at radius 3 is 2.86 bits per heavy atom. The van der Waals surface area contributed by atoms with E-state index in [4.69, 9.17) is 10.5 Å². The fourth-order valence-electron chi connectivity index (χ4n) is 1.92. The van der Waals surface area contributed by atoms with Gasteiger partial charge in [-0.25, -0.2) is 13.8 Å². The summed E-state index contributed by atoms with van der Waals surface area (Å²) in [5.74, 6) is 3.83. The van der Waals surface area contributed by atoms with E-state index in [-0.39, 0.29) is 11.3 Å². The summed E-state index contributed by atoms with van der Waals surface area (Å²) in [7, 11) is 1.48. The monoisotopic (exact) mass is 300 g/mol. The number of methoxy groups -OCH3 is 1. The predicted molar refractivity (Wildman–Crippen MR) is 77.2 cm³/mol. The highest BCUT2D eigenvalue weighted by atomic mass is 19.1. The quantitative estimate of drug-likeness (QED) is 0.533. The highest BCUT2D eigenvalue weighted by Gasteiger charge is 2.10. The van der Waals surface area contributed by atoms with Crippen LogP contribution in [0.25, 0.3) is 11.0 Å². The molecule has 2 aromatic heterocycles. The van der Waals surface area contributed by atoms with Gasteiger partial charge in [0.2, 0.25) is 5.88 Å². The third kappa shape index (κ3) is 2.31. The molecular weight excluding hydrogens is 290 g/mol. The number of anilines is 1. The standard InChI is InChI=1S/C15H10F2N4O/c1-22-15-10-6-8(7-19-14(10)20-21-15)2-3-9-11(16)4-5-12(18)13(9)17/h4-7H,18H2,1H3,(H,19,20,21). The molecule has 5 nitrogen and oxygen atoms in total. The van der Waals surface area contributed by atoms with Crippen LogP contribution in [-0.2, 0) is 0 Å².